The van der Waals surface area contributed by atoms with Gasteiger partial charge in [0.2, 0.25) is 0 Å². The summed E-state index contributed by atoms with van der Waals surface area (Å²) in [5.74, 6) is 0. The van der Waals surface area contributed by atoms with Gasteiger partial charge in [-0.3, -0.25) is 0 Å². The predicted octanol–water partition coefficient (Wildman–Crippen LogP) is 5.17. The van der Waals surface area contributed by atoms with Gasteiger partial charge in [-0.25, -0.2) is 0 Å². The minimum absolute atomic E-state index is 0.740. The molecular weight excluding hydrogens is 252 g/mol. The third-order valence-corrected chi connectivity index (χ3v) is 10.2. The Hall–Kier alpha value is 0.137. The molecule has 0 spiro atoms. The van der Waals surface area contributed by atoms with Gasteiger partial charge >= 0.3 is 8.56 Å². The molecule has 2 fully saturated rings. The van der Waals surface area contributed by atoms with Gasteiger partial charge in [0, 0.05) is 25.3 Å². The van der Waals surface area contributed by atoms with Gasteiger partial charge in [0.25, 0.3) is 0 Å². The summed E-state index contributed by atoms with van der Waals surface area (Å²) in [4.78, 5) is 0. The molecule has 3 heteroatoms. The van der Waals surface area contributed by atoms with Gasteiger partial charge in [0.1, 0.15) is 0 Å². The quantitative estimate of drug-likeness (QED) is 0.663. The van der Waals surface area contributed by atoms with E-state index in [-0.39, 0.29) is 0 Å². The Morgan fingerprint density at radius 2 is 0.895 bits per heavy atom. The van der Waals surface area contributed by atoms with Gasteiger partial charge < -0.3 is 8.85 Å². The Morgan fingerprint density at radius 3 is 1.26 bits per heavy atom. The third-order valence-electron chi connectivity index (χ3n) is 5.49. The molecule has 0 N–H and O–H groups in total. The molecule has 2 aliphatic carbocycles. The van der Waals surface area contributed by atoms with Crippen LogP contribution in [0.2, 0.25) is 11.1 Å². The number of hydrogen-bond acceptors (Lipinski definition) is 2. The van der Waals surface area contributed by atoms with Crippen molar-refractivity contribution in [1.29, 1.82) is 0 Å². The van der Waals surface area contributed by atoms with Crippen LogP contribution in [0.3, 0.4) is 0 Å². The third kappa shape index (κ3) is 3.62. The molecule has 0 aromatic carbocycles. The Balaban J connectivity index is 2.09. The summed E-state index contributed by atoms with van der Waals surface area (Å²) < 4.78 is 12.3. The topological polar surface area (TPSA) is 18.5 Å². The summed E-state index contributed by atoms with van der Waals surface area (Å²) in [5, 5.41) is 0. The lowest BCUT2D eigenvalue weighted by molar-refractivity contribution is 0.208. The highest BCUT2D eigenvalue weighted by molar-refractivity contribution is 6.70. The fourth-order valence-corrected chi connectivity index (χ4v) is 9.04. The molecule has 2 aliphatic rings. The Labute approximate surface area is 120 Å². The summed E-state index contributed by atoms with van der Waals surface area (Å²) in [7, 11) is 1.88. The molecule has 19 heavy (non-hydrogen) atoms. The highest BCUT2D eigenvalue weighted by atomic mass is 28.4. The van der Waals surface area contributed by atoms with Crippen molar-refractivity contribution in [3.8, 4) is 0 Å². The van der Waals surface area contributed by atoms with E-state index >= 15 is 0 Å². The van der Waals surface area contributed by atoms with E-state index in [2.05, 4.69) is 0 Å². The fourth-order valence-electron chi connectivity index (χ4n) is 4.45. The monoisotopic (exact) mass is 284 g/mol. The molecule has 2 nitrogen and oxygen atoms in total. The molecule has 112 valence electrons. The van der Waals surface area contributed by atoms with Gasteiger partial charge in [-0.2, -0.15) is 0 Å². The van der Waals surface area contributed by atoms with E-state index in [4.69, 9.17) is 8.85 Å². The van der Waals surface area contributed by atoms with E-state index < -0.39 is 8.56 Å². The van der Waals surface area contributed by atoms with E-state index in [1.807, 2.05) is 14.2 Å². The second-order valence-corrected chi connectivity index (χ2v) is 10.4. The van der Waals surface area contributed by atoms with Gasteiger partial charge in [-0.05, 0) is 25.7 Å². The van der Waals surface area contributed by atoms with E-state index in [1.165, 1.54) is 77.0 Å². The second-order valence-electron chi connectivity index (χ2n) is 6.51. The molecule has 0 atom stereocenters. The maximum absolute atomic E-state index is 6.16. The fraction of sp³-hybridized carbons (Fsp3) is 1.00. The average Bonchev–Trinajstić information content (AvgIpc) is 2.99. The first-order valence-electron chi connectivity index (χ1n) is 8.44. The molecule has 0 aromatic heterocycles. The van der Waals surface area contributed by atoms with Crippen molar-refractivity contribution in [3.63, 3.8) is 0 Å². The summed E-state index contributed by atoms with van der Waals surface area (Å²) in [6.45, 7) is 0. The van der Waals surface area contributed by atoms with Crippen molar-refractivity contribution in [1.82, 2.24) is 0 Å². The van der Waals surface area contributed by atoms with Crippen molar-refractivity contribution in [2.24, 2.45) is 0 Å². The number of hydrogen-bond donors (Lipinski definition) is 0. The maximum atomic E-state index is 6.16. The van der Waals surface area contributed by atoms with Crippen molar-refractivity contribution >= 4 is 8.56 Å². The zero-order chi connectivity index (χ0) is 13.6. The first kappa shape index (κ1) is 15.5. The highest BCUT2D eigenvalue weighted by Crippen LogP contribution is 2.48. The molecule has 0 amide bonds. The molecule has 2 rings (SSSR count). The Bertz CT molecular complexity index is 237. The van der Waals surface area contributed by atoms with Gasteiger partial charge in [-0.1, -0.05) is 51.4 Å². The van der Waals surface area contributed by atoms with Crippen LogP contribution < -0.4 is 0 Å². The van der Waals surface area contributed by atoms with Crippen molar-refractivity contribution in [2.45, 2.75) is 88.1 Å². The second kappa shape index (κ2) is 7.80. The molecule has 0 heterocycles. The zero-order valence-corrected chi connectivity index (χ0v) is 14.0. The first-order valence-corrected chi connectivity index (χ1v) is 10.4. The van der Waals surface area contributed by atoms with E-state index in [0.29, 0.717) is 0 Å². The lowest BCUT2D eigenvalue weighted by Crippen LogP contribution is -2.49. The van der Waals surface area contributed by atoms with E-state index in [9.17, 15) is 0 Å². The van der Waals surface area contributed by atoms with Crippen LogP contribution in [-0.4, -0.2) is 22.8 Å². The van der Waals surface area contributed by atoms with E-state index in [0.717, 1.165) is 11.1 Å². The normalized spacial score (nSPS) is 24.9. The summed E-state index contributed by atoms with van der Waals surface area (Å²) >= 11 is 0. The first-order chi connectivity index (χ1) is 9.33. The lowest BCUT2D eigenvalue weighted by Gasteiger charge is -2.39. The van der Waals surface area contributed by atoms with Crippen LogP contribution >= 0.6 is 0 Å². The predicted molar refractivity (Wildman–Crippen MR) is 82.7 cm³/mol. The Morgan fingerprint density at radius 1 is 0.579 bits per heavy atom. The summed E-state index contributed by atoms with van der Waals surface area (Å²) in [6, 6.07) is 0. The van der Waals surface area contributed by atoms with Crippen LogP contribution in [0, 0.1) is 0 Å². The molecule has 0 bridgehead atoms. The van der Waals surface area contributed by atoms with Crippen molar-refractivity contribution in [3.05, 3.63) is 0 Å². The average molecular weight is 285 g/mol. The molecule has 0 saturated heterocycles. The summed E-state index contributed by atoms with van der Waals surface area (Å²) in [6.07, 6.45) is 16.7. The van der Waals surface area contributed by atoms with Crippen LogP contribution in [-0.2, 0) is 8.85 Å². The van der Waals surface area contributed by atoms with Crippen LogP contribution in [0.25, 0.3) is 0 Å². The Kier molecular flexibility index (Phi) is 6.37. The standard InChI is InChI=1S/C16H32O2Si/c1-17-19(18-2,16-13-9-10-14-16)15-11-7-5-3-4-6-8-12-15/h15-16H,3-14H2,1-2H3. The smallest absolute Gasteiger partial charge is 0.344 e. The lowest BCUT2D eigenvalue weighted by atomic mass is 10.1. The van der Waals surface area contributed by atoms with Gasteiger partial charge in [0.05, 0.1) is 0 Å². The van der Waals surface area contributed by atoms with Gasteiger partial charge in [0.15, 0.2) is 0 Å². The molecule has 0 aliphatic heterocycles. The maximum Gasteiger partial charge on any atom is 0.344 e. The van der Waals surface area contributed by atoms with Gasteiger partial charge in [-0.15, -0.1) is 0 Å². The minimum atomic E-state index is -1.99. The molecule has 0 unspecified atom stereocenters. The van der Waals surface area contributed by atoms with Crippen molar-refractivity contribution < 1.29 is 8.85 Å². The van der Waals surface area contributed by atoms with Crippen LogP contribution in [0.5, 0.6) is 0 Å². The van der Waals surface area contributed by atoms with Crippen LogP contribution in [0.15, 0.2) is 0 Å². The summed E-state index contributed by atoms with van der Waals surface area (Å²) in [5.41, 5.74) is 1.50. The molecular formula is C16H32O2Si. The largest absolute Gasteiger partial charge is 0.397 e. The van der Waals surface area contributed by atoms with Crippen LogP contribution in [0.1, 0.15) is 77.0 Å². The minimum Gasteiger partial charge on any atom is -0.397 e. The van der Waals surface area contributed by atoms with Crippen molar-refractivity contribution in [2.75, 3.05) is 14.2 Å². The van der Waals surface area contributed by atoms with E-state index in [1.54, 1.807) is 0 Å². The van der Waals surface area contributed by atoms with Crippen LogP contribution in [0.4, 0.5) is 0 Å². The zero-order valence-electron chi connectivity index (χ0n) is 13.0. The number of rotatable bonds is 4. The molecule has 0 radical (unpaired) electrons. The molecule has 0 aromatic rings. The SMILES string of the molecule is CO[Si](OC)(C1CCCCCCCC1)C1CCCC1. The molecule has 2 saturated carbocycles. The highest BCUT2D eigenvalue weighted by Gasteiger charge is 2.51.